The molecule has 1 aromatic rings. The molecule has 2 atom stereocenters. The first-order valence-corrected chi connectivity index (χ1v) is 4.77. The number of aliphatic hydroxyl groups excluding tert-OH is 1. The summed E-state index contributed by atoms with van der Waals surface area (Å²) in [6.07, 6.45) is 0. The van der Waals surface area contributed by atoms with E-state index in [0.717, 1.165) is 18.2 Å². The Hall–Kier alpha value is -1.53. The van der Waals surface area contributed by atoms with Gasteiger partial charge in [0.1, 0.15) is 5.82 Å². The molecule has 1 rings (SSSR count). The zero-order chi connectivity index (χ0) is 12.3. The van der Waals surface area contributed by atoms with Crippen LogP contribution in [0.15, 0.2) is 18.2 Å². The molecule has 16 heavy (non-hydrogen) atoms. The minimum absolute atomic E-state index is 0.0516. The fraction of sp³-hybridized carbons (Fsp3) is 0.400. The summed E-state index contributed by atoms with van der Waals surface area (Å²) >= 11 is 0. The highest BCUT2D eigenvalue weighted by Gasteiger charge is 2.20. The van der Waals surface area contributed by atoms with Gasteiger partial charge in [0, 0.05) is 30.3 Å². The number of rotatable bonds is 4. The largest absolute Gasteiger partial charge is 0.396 e. The molecule has 2 unspecified atom stereocenters. The number of nitro groups is 1. The van der Waals surface area contributed by atoms with Crippen LogP contribution < -0.4 is 5.73 Å². The first kappa shape index (κ1) is 12.5. The third-order valence-electron chi connectivity index (χ3n) is 2.45. The van der Waals surface area contributed by atoms with Crippen molar-refractivity contribution in [3.05, 3.63) is 39.7 Å². The number of non-ortho nitro benzene ring substituents is 1. The van der Waals surface area contributed by atoms with Crippen molar-refractivity contribution in [2.75, 3.05) is 6.61 Å². The van der Waals surface area contributed by atoms with Gasteiger partial charge in [-0.3, -0.25) is 10.1 Å². The lowest BCUT2D eigenvalue weighted by atomic mass is 9.95. The molecule has 0 aliphatic rings. The highest BCUT2D eigenvalue weighted by molar-refractivity contribution is 5.37. The van der Waals surface area contributed by atoms with E-state index in [1.165, 1.54) is 0 Å². The summed E-state index contributed by atoms with van der Waals surface area (Å²) in [4.78, 5) is 9.91. The predicted molar refractivity (Wildman–Crippen MR) is 56.2 cm³/mol. The van der Waals surface area contributed by atoms with Crippen molar-refractivity contribution < 1.29 is 14.4 Å². The maximum absolute atomic E-state index is 13.4. The maximum atomic E-state index is 13.4. The van der Waals surface area contributed by atoms with E-state index in [4.69, 9.17) is 10.8 Å². The van der Waals surface area contributed by atoms with Gasteiger partial charge in [0.05, 0.1) is 4.92 Å². The molecule has 0 aliphatic heterocycles. The number of aliphatic hydroxyl groups is 1. The molecule has 0 fully saturated rings. The van der Waals surface area contributed by atoms with Gasteiger partial charge < -0.3 is 10.8 Å². The second-order valence-electron chi connectivity index (χ2n) is 3.65. The summed E-state index contributed by atoms with van der Waals surface area (Å²) in [5.74, 6) is -0.963. The number of hydrogen-bond donors (Lipinski definition) is 2. The second-order valence-corrected chi connectivity index (χ2v) is 3.65. The van der Waals surface area contributed by atoms with Crippen LogP contribution in [0.4, 0.5) is 10.1 Å². The average molecular weight is 228 g/mol. The molecular formula is C10H13FN2O3. The number of nitrogens with zero attached hydrogens (tertiary/aromatic N) is 1. The number of nitrogens with two attached hydrogens (primary N) is 1. The van der Waals surface area contributed by atoms with Crippen LogP contribution >= 0.6 is 0 Å². The summed E-state index contributed by atoms with van der Waals surface area (Å²) in [6.45, 7) is 1.44. The fourth-order valence-electron chi connectivity index (χ4n) is 1.32. The highest BCUT2D eigenvalue weighted by atomic mass is 19.1. The van der Waals surface area contributed by atoms with Gasteiger partial charge in [-0.1, -0.05) is 6.92 Å². The zero-order valence-electron chi connectivity index (χ0n) is 8.76. The Balaban J connectivity index is 3.11. The normalized spacial score (nSPS) is 14.5. The summed E-state index contributed by atoms with van der Waals surface area (Å²) in [7, 11) is 0. The molecule has 3 N–H and O–H groups in total. The number of benzene rings is 1. The first-order chi connectivity index (χ1) is 7.47. The maximum Gasteiger partial charge on any atom is 0.269 e. The molecule has 0 aliphatic carbocycles. The van der Waals surface area contributed by atoms with Gasteiger partial charge in [0.15, 0.2) is 0 Å². The Morgan fingerprint density at radius 3 is 2.75 bits per heavy atom. The highest BCUT2D eigenvalue weighted by Crippen LogP contribution is 2.25. The molecule has 1 aromatic carbocycles. The van der Waals surface area contributed by atoms with E-state index in [9.17, 15) is 14.5 Å². The van der Waals surface area contributed by atoms with Gasteiger partial charge in [0.25, 0.3) is 5.69 Å². The molecule has 0 amide bonds. The smallest absolute Gasteiger partial charge is 0.269 e. The van der Waals surface area contributed by atoms with E-state index in [1.807, 2.05) is 0 Å². The zero-order valence-corrected chi connectivity index (χ0v) is 8.76. The Bertz CT molecular complexity index is 398. The van der Waals surface area contributed by atoms with E-state index in [2.05, 4.69) is 0 Å². The first-order valence-electron chi connectivity index (χ1n) is 4.77. The van der Waals surface area contributed by atoms with Crippen LogP contribution in [0.5, 0.6) is 0 Å². The molecule has 6 heteroatoms. The monoisotopic (exact) mass is 228 g/mol. The SMILES string of the molecule is CC(CO)C(N)c1cc([N+](=O)[O-])ccc1F. The van der Waals surface area contributed by atoms with E-state index in [1.54, 1.807) is 6.92 Å². The molecule has 0 radical (unpaired) electrons. The molecule has 0 bridgehead atoms. The van der Waals surface area contributed by atoms with Crippen LogP contribution in [0.1, 0.15) is 18.5 Å². The average Bonchev–Trinajstić information content (AvgIpc) is 2.27. The quantitative estimate of drug-likeness (QED) is 0.601. The van der Waals surface area contributed by atoms with Gasteiger partial charge in [0.2, 0.25) is 0 Å². The summed E-state index contributed by atoms with van der Waals surface area (Å²) < 4.78 is 13.4. The van der Waals surface area contributed by atoms with Crippen molar-refractivity contribution in [1.82, 2.24) is 0 Å². The molecule has 5 nitrogen and oxygen atoms in total. The molecule has 0 aromatic heterocycles. The lowest BCUT2D eigenvalue weighted by molar-refractivity contribution is -0.385. The van der Waals surface area contributed by atoms with Crippen molar-refractivity contribution in [2.24, 2.45) is 11.7 Å². The fourth-order valence-corrected chi connectivity index (χ4v) is 1.32. The molecular weight excluding hydrogens is 215 g/mol. The molecule has 0 spiro atoms. The van der Waals surface area contributed by atoms with Crippen molar-refractivity contribution in [2.45, 2.75) is 13.0 Å². The lowest BCUT2D eigenvalue weighted by Crippen LogP contribution is -2.23. The van der Waals surface area contributed by atoms with Crippen LogP contribution in [-0.4, -0.2) is 16.6 Å². The van der Waals surface area contributed by atoms with Crippen LogP contribution in [0.25, 0.3) is 0 Å². The lowest BCUT2D eigenvalue weighted by Gasteiger charge is -2.18. The van der Waals surface area contributed by atoms with Crippen LogP contribution in [0.2, 0.25) is 0 Å². The van der Waals surface area contributed by atoms with Crippen molar-refractivity contribution in [3.8, 4) is 0 Å². The number of halogens is 1. The van der Waals surface area contributed by atoms with Crippen molar-refractivity contribution >= 4 is 5.69 Å². The van der Waals surface area contributed by atoms with Gasteiger partial charge in [-0.15, -0.1) is 0 Å². The van der Waals surface area contributed by atoms with E-state index < -0.39 is 16.8 Å². The van der Waals surface area contributed by atoms with Crippen LogP contribution in [-0.2, 0) is 0 Å². The van der Waals surface area contributed by atoms with Crippen molar-refractivity contribution in [1.29, 1.82) is 0 Å². The Labute approximate surface area is 91.8 Å². The van der Waals surface area contributed by atoms with Gasteiger partial charge in [-0.2, -0.15) is 0 Å². The molecule has 0 saturated carbocycles. The van der Waals surface area contributed by atoms with Crippen LogP contribution in [0.3, 0.4) is 0 Å². The van der Waals surface area contributed by atoms with E-state index >= 15 is 0 Å². The number of hydrogen-bond acceptors (Lipinski definition) is 4. The Morgan fingerprint density at radius 1 is 1.62 bits per heavy atom. The Morgan fingerprint density at radius 2 is 2.25 bits per heavy atom. The minimum Gasteiger partial charge on any atom is -0.396 e. The summed E-state index contributed by atoms with van der Waals surface area (Å²) in [5.41, 5.74) is 5.54. The van der Waals surface area contributed by atoms with Gasteiger partial charge in [-0.05, 0) is 12.0 Å². The van der Waals surface area contributed by atoms with Crippen LogP contribution in [0, 0.1) is 21.8 Å². The van der Waals surface area contributed by atoms with Crippen molar-refractivity contribution in [3.63, 3.8) is 0 Å². The summed E-state index contributed by atoms with van der Waals surface area (Å²) in [5, 5.41) is 19.4. The standard InChI is InChI=1S/C10H13FN2O3/c1-6(5-14)10(12)8-4-7(13(15)16)2-3-9(8)11/h2-4,6,10,14H,5,12H2,1H3. The van der Waals surface area contributed by atoms with E-state index in [0.29, 0.717) is 0 Å². The summed E-state index contributed by atoms with van der Waals surface area (Å²) in [6, 6.07) is 2.43. The predicted octanol–water partition coefficient (Wildman–Crippen LogP) is 1.36. The van der Waals surface area contributed by atoms with Gasteiger partial charge in [-0.25, -0.2) is 4.39 Å². The third kappa shape index (κ3) is 2.53. The second kappa shape index (κ2) is 5.00. The Kier molecular flexibility index (Phi) is 3.92. The number of nitro benzene ring substituents is 1. The molecule has 0 heterocycles. The minimum atomic E-state index is -0.759. The molecule has 0 saturated heterocycles. The van der Waals surface area contributed by atoms with E-state index in [-0.39, 0.29) is 23.8 Å². The topological polar surface area (TPSA) is 89.4 Å². The molecule has 88 valence electrons. The van der Waals surface area contributed by atoms with Gasteiger partial charge >= 0.3 is 0 Å². The third-order valence-corrected chi connectivity index (χ3v) is 2.45.